The fourth-order valence-corrected chi connectivity index (χ4v) is 2.41. The second kappa shape index (κ2) is 5.50. The molecular formula is C11H21N3O2. The van der Waals surface area contributed by atoms with Crippen molar-refractivity contribution in [2.75, 3.05) is 33.2 Å². The number of ether oxygens (including phenoxy) is 1. The number of amides is 1. The number of nitrogens with one attached hydrogen (secondary N) is 2. The van der Waals surface area contributed by atoms with Gasteiger partial charge in [-0.2, -0.15) is 0 Å². The van der Waals surface area contributed by atoms with Crippen molar-refractivity contribution in [3.63, 3.8) is 0 Å². The number of hydrogen-bond acceptors (Lipinski definition) is 4. The van der Waals surface area contributed by atoms with Gasteiger partial charge >= 0.3 is 6.09 Å². The van der Waals surface area contributed by atoms with Crippen molar-refractivity contribution in [1.82, 2.24) is 15.5 Å². The molecule has 2 atom stereocenters. The topological polar surface area (TPSA) is 53.6 Å². The third-order valence-corrected chi connectivity index (χ3v) is 3.21. The Hall–Kier alpha value is -0.810. The lowest BCUT2D eigenvalue weighted by Gasteiger charge is -2.28. The normalized spacial score (nSPS) is 30.2. The van der Waals surface area contributed by atoms with Crippen molar-refractivity contribution in [3.05, 3.63) is 0 Å². The molecule has 5 nitrogen and oxygen atoms in total. The second-order valence-electron chi connectivity index (χ2n) is 4.78. The number of cyclic esters (lactones) is 1. The summed E-state index contributed by atoms with van der Waals surface area (Å²) >= 11 is 0. The zero-order chi connectivity index (χ0) is 11.4. The van der Waals surface area contributed by atoms with E-state index in [1.807, 2.05) is 0 Å². The molecule has 2 fully saturated rings. The number of carbonyl (C=O) groups excluding carboxylic acids is 1. The first-order valence-corrected chi connectivity index (χ1v) is 6.10. The molecule has 1 amide bonds. The highest BCUT2D eigenvalue weighted by Gasteiger charge is 2.24. The van der Waals surface area contributed by atoms with Gasteiger partial charge in [-0.3, -0.25) is 0 Å². The number of nitrogens with zero attached hydrogens (tertiary/aromatic N) is 1. The average Bonchev–Trinajstić information content (AvgIpc) is 2.65. The SMILES string of the molecule is CN(CC1CCCCN1)CC1CNC(=O)O1. The van der Waals surface area contributed by atoms with Crippen LogP contribution in [0.1, 0.15) is 19.3 Å². The maximum absolute atomic E-state index is 10.9. The van der Waals surface area contributed by atoms with Gasteiger partial charge in [-0.1, -0.05) is 6.42 Å². The lowest BCUT2D eigenvalue weighted by atomic mass is 10.0. The Balaban J connectivity index is 1.67. The number of alkyl carbamates (subject to hydrolysis) is 1. The van der Waals surface area contributed by atoms with Crippen LogP contribution in [0.15, 0.2) is 0 Å². The molecule has 0 aromatic rings. The Labute approximate surface area is 96.5 Å². The third-order valence-electron chi connectivity index (χ3n) is 3.21. The van der Waals surface area contributed by atoms with Gasteiger partial charge in [0.25, 0.3) is 0 Å². The Bertz CT molecular complexity index is 241. The monoisotopic (exact) mass is 227 g/mol. The van der Waals surface area contributed by atoms with Gasteiger partial charge in [0, 0.05) is 19.1 Å². The van der Waals surface area contributed by atoms with Gasteiger partial charge in [0.15, 0.2) is 0 Å². The summed E-state index contributed by atoms with van der Waals surface area (Å²) in [6.07, 6.45) is 3.61. The van der Waals surface area contributed by atoms with E-state index in [1.54, 1.807) is 0 Å². The molecule has 16 heavy (non-hydrogen) atoms. The van der Waals surface area contributed by atoms with Crippen molar-refractivity contribution in [2.24, 2.45) is 0 Å². The summed E-state index contributed by atoms with van der Waals surface area (Å²) in [5.41, 5.74) is 0. The van der Waals surface area contributed by atoms with Crippen LogP contribution in [0.4, 0.5) is 4.79 Å². The standard InChI is InChI=1S/C11H21N3O2/c1-14(7-9-4-2-3-5-12-9)8-10-6-13-11(15)16-10/h9-10,12H,2-8H2,1H3,(H,13,15). The van der Waals surface area contributed by atoms with Crippen LogP contribution in [0.5, 0.6) is 0 Å². The molecule has 0 bridgehead atoms. The Morgan fingerprint density at radius 2 is 2.31 bits per heavy atom. The largest absolute Gasteiger partial charge is 0.443 e. The van der Waals surface area contributed by atoms with E-state index in [2.05, 4.69) is 22.6 Å². The average molecular weight is 227 g/mol. The summed E-state index contributed by atoms with van der Waals surface area (Å²) in [5, 5.41) is 6.19. The summed E-state index contributed by atoms with van der Waals surface area (Å²) in [4.78, 5) is 13.1. The summed E-state index contributed by atoms with van der Waals surface area (Å²) in [7, 11) is 2.09. The lowest BCUT2D eigenvalue weighted by Crippen LogP contribution is -2.44. The van der Waals surface area contributed by atoms with Crippen LogP contribution in [-0.2, 0) is 4.74 Å². The number of piperidine rings is 1. The van der Waals surface area contributed by atoms with Crippen LogP contribution >= 0.6 is 0 Å². The first kappa shape index (κ1) is 11.7. The van der Waals surface area contributed by atoms with Crippen molar-refractivity contribution in [2.45, 2.75) is 31.4 Å². The van der Waals surface area contributed by atoms with E-state index in [0.717, 1.165) is 19.6 Å². The highest BCUT2D eigenvalue weighted by atomic mass is 16.6. The van der Waals surface area contributed by atoms with Gasteiger partial charge in [0.05, 0.1) is 6.54 Å². The van der Waals surface area contributed by atoms with Crippen molar-refractivity contribution >= 4 is 6.09 Å². The van der Waals surface area contributed by atoms with Gasteiger partial charge in [0.2, 0.25) is 0 Å². The first-order valence-electron chi connectivity index (χ1n) is 6.10. The van der Waals surface area contributed by atoms with Crippen LogP contribution in [0.25, 0.3) is 0 Å². The van der Waals surface area contributed by atoms with Crippen LogP contribution in [0, 0.1) is 0 Å². The molecule has 2 aliphatic heterocycles. The summed E-state index contributed by atoms with van der Waals surface area (Å²) in [5.74, 6) is 0. The van der Waals surface area contributed by atoms with Gasteiger partial charge in [0.1, 0.15) is 6.10 Å². The molecule has 2 rings (SSSR count). The van der Waals surface area contributed by atoms with Crippen molar-refractivity contribution < 1.29 is 9.53 Å². The van der Waals surface area contributed by atoms with Gasteiger partial charge < -0.3 is 20.3 Å². The lowest BCUT2D eigenvalue weighted by molar-refractivity contribution is 0.112. The van der Waals surface area contributed by atoms with Crippen LogP contribution in [0.3, 0.4) is 0 Å². The molecule has 5 heteroatoms. The number of rotatable bonds is 4. The van der Waals surface area contributed by atoms with E-state index in [4.69, 9.17) is 4.74 Å². The highest BCUT2D eigenvalue weighted by molar-refractivity contribution is 5.69. The summed E-state index contributed by atoms with van der Waals surface area (Å²) in [6.45, 7) is 3.63. The fraction of sp³-hybridized carbons (Fsp3) is 0.909. The molecule has 2 aliphatic rings. The van der Waals surface area contributed by atoms with Gasteiger partial charge in [-0.15, -0.1) is 0 Å². The third kappa shape index (κ3) is 3.35. The summed E-state index contributed by atoms with van der Waals surface area (Å²) < 4.78 is 5.11. The number of carbonyl (C=O) groups is 1. The minimum atomic E-state index is -0.283. The molecule has 0 aromatic heterocycles. The quantitative estimate of drug-likeness (QED) is 0.719. The van der Waals surface area contributed by atoms with Crippen molar-refractivity contribution in [1.29, 1.82) is 0 Å². The zero-order valence-corrected chi connectivity index (χ0v) is 9.87. The number of hydrogen-bond donors (Lipinski definition) is 2. The molecule has 2 N–H and O–H groups in total. The van der Waals surface area contributed by atoms with E-state index in [1.165, 1.54) is 19.3 Å². The van der Waals surface area contributed by atoms with E-state index < -0.39 is 0 Å². The molecule has 2 unspecified atom stereocenters. The fourth-order valence-electron chi connectivity index (χ4n) is 2.41. The summed E-state index contributed by atoms with van der Waals surface area (Å²) in [6, 6.07) is 0.601. The van der Waals surface area contributed by atoms with E-state index in [9.17, 15) is 4.79 Å². The minimum Gasteiger partial charge on any atom is -0.443 e. The number of likely N-dealkylation sites (N-methyl/N-ethyl adjacent to an activating group) is 1. The molecule has 2 saturated heterocycles. The molecule has 0 aliphatic carbocycles. The molecule has 0 aromatic carbocycles. The molecule has 0 spiro atoms. The predicted molar refractivity (Wildman–Crippen MR) is 61.4 cm³/mol. The first-order chi connectivity index (χ1) is 7.74. The van der Waals surface area contributed by atoms with Crippen LogP contribution < -0.4 is 10.6 Å². The van der Waals surface area contributed by atoms with E-state index in [0.29, 0.717) is 12.6 Å². The van der Waals surface area contributed by atoms with Gasteiger partial charge in [-0.05, 0) is 26.4 Å². The van der Waals surface area contributed by atoms with Crippen LogP contribution in [-0.4, -0.2) is 56.4 Å². The maximum Gasteiger partial charge on any atom is 0.407 e. The van der Waals surface area contributed by atoms with E-state index >= 15 is 0 Å². The Morgan fingerprint density at radius 1 is 1.44 bits per heavy atom. The molecule has 0 saturated carbocycles. The molecular weight excluding hydrogens is 206 g/mol. The van der Waals surface area contributed by atoms with Crippen molar-refractivity contribution in [3.8, 4) is 0 Å². The van der Waals surface area contributed by atoms with E-state index in [-0.39, 0.29) is 12.2 Å². The Morgan fingerprint density at radius 3 is 2.94 bits per heavy atom. The molecule has 92 valence electrons. The Kier molecular flexibility index (Phi) is 4.01. The predicted octanol–water partition coefficient (Wildman–Crippen LogP) is 0.169. The smallest absolute Gasteiger partial charge is 0.407 e. The minimum absolute atomic E-state index is 0.0149. The van der Waals surface area contributed by atoms with Gasteiger partial charge in [-0.25, -0.2) is 4.79 Å². The second-order valence-corrected chi connectivity index (χ2v) is 4.78. The van der Waals surface area contributed by atoms with Crippen LogP contribution in [0.2, 0.25) is 0 Å². The zero-order valence-electron chi connectivity index (χ0n) is 9.87. The maximum atomic E-state index is 10.9. The molecule has 0 radical (unpaired) electrons. The molecule has 2 heterocycles. The highest BCUT2D eigenvalue weighted by Crippen LogP contribution is 2.09.